The zero-order valence-electron chi connectivity index (χ0n) is 13.7. The second-order valence-corrected chi connectivity index (χ2v) is 7.09. The first-order valence-electron chi connectivity index (χ1n) is 8.10. The summed E-state index contributed by atoms with van der Waals surface area (Å²) >= 11 is 0. The molecule has 0 unspecified atom stereocenters. The summed E-state index contributed by atoms with van der Waals surface area (Å²) in [5.41, 5.74) is 1.55. The lowest BCUT2D eigenvalue weighted by Gasteiger charge is -2.42. The van der Waals surface area contributed by atoms with Crippen molar-refractivity contribution in [3.05, 3.63) is 42.0 Å². The Morgan fingerprint density at radius 3 is 2.48 bits per heavy atom. The normalized spacial score (nSPS) is 17.9. The topological polar surface area (TPSA) is 21.3 Å². The van der Waals surface area contributed by atoms with E-state index in [0.29, 0.717) is 6.61 Å². The number of nitrogens with one attached hydrogen (secondary N) is 1. The molecule has 0 radical (unpaired) electrons. The summed E-state index contributed by atoms with van der Waals surface area (Å²) in [6.45, 7) is 8.38. The summed E-state index contributed by atoms with van der Waals surface area (Å²) in [7, 11) is 0. The molecule has 1 saturated carbocycles. The molecule has 2 nitrogen and oxygen atoms in total. The van der Waals surface area contributed by atoms with Crippen LogP contribution in [0.25, 0.3) is 6.08 Å². The molecule has 116 valence electrons. The predicted octanol–water partition coefficient (Wildman–Crippen LogP) is 4.42. The van der Waals surface area contributed by atoms with Gasteiger partial charge in [0.05, 0.1) is 12.2 Å². The zero-order valence-corrected chi connectivity index (χ0v) is 13.7. The van der Waals surface area contributed by atoms with E-state index in [1.54, 1.807) is 0 Å². The minimum atomic E-state index is 0.124. The van der Waals surface area contributed by atoms with E-state index in [4.69, 9.17) is 4.74 Å². The van der Waals surface area contributed by atoms with Crippen LogP contribution in [0.5, 0.6) is 0 Å². The maximum absolute atomic E-state index is 6.18. The van der Waals surface area contributed by atoms with Gasteiger partial charge in [0.2, 0.25) is 0 Å². The average molecular weight is 287 g/mol. The van der Waals surface area contributed by atoms with Crippen molar-refractivity contribution in [3.63, 3.8) is 0 Å². The largest absolute Gasteiger partial charge is 0.371 e. The highest BCUT2D eigenvalue weighted by atomic mass is 16.5. The van der Waals surface area contributed by atoms with Crippen molar-refractivity contribution in [1.29, 1.82) is 0 Å². The van der Waals surface area contributed by atoms with E-state index in [9.17, 15) is 0 Å². The summed E-state index contributed by atoms with van der Waals surface area (Å²) in [5, 5.41) is 3.56. The van der Waals surface area contributed by atoms with Crippen molar-refractivity contribution >= 4 is 6.08 Å². The highest BCUT2D eigenvalue weighted by Crippen LogP contribution is 2.38. The standard InChI is InChI=1S/C19H29NO/c1-18(2,3)20-15-14-19(12-8-13-19)21-16-7-11-17-9-5-4-6-10-17/h4-7,9-11,20H,8,12-16H2,1-3H3/b11-7+. The molecule has 0 heterocycles. The van der Waals surface area contributed by atoms with Crippen LogP contribution in [-0.2, 0) is 4.74 Å². The third-order valence-corrected chi connectivity index (χ3v) is 4.10. The molecule has 1 aromatic carbocycles. The van der Waals surface area contributed by atoms with Gasteiger partial charge < -0.3 is 10.1 Å². The van der Waals surface area contributed by atoms with Gasteiger partial charge in [0, 0.05) is 5.54 Å². The second kappa shape index (κ2) is 7.24. The van der Waals surface area contributed by atoms with Gasteiger partial charge in [-0.15, -0.1) is 0 Å². The number of hydrogen-bond donors (Lipinski definition) is 1. The van der Waals surface area contributed by atoms with E-state index >= 15 is 0 Å². The molecular formula is C19H29NO. The first-order chi connectivity index (χ1) is 9.99. The van der Waals surface area contributed by atoms with E-state index in [2.05, 4.69) is 62.5 Å². The number of benzene rings is 1. The van der Waals surface area contributed by atoms with Crippen molar-refractivity contribution in [2.24, 2.45) is 0 Å². The number of hydrogen-bond acceptors (Lipinski definition) is 2. The van der Waals surface area contributed by atoms with Crippen LogP contribution in [0.1, 0.15) is 52.0 Å². The molecule has 0 spiro atoms. The Kier molecular flexibility index (Phi) is 5.60. The molecule has 1 N–H and O–H groups in total. The quantitative estimate of drug-likeness (QED) is 0.801. The van der Waals surface area contributed by atoms with Gasteiger partial charge in [-0.25, -0.2) is 0 Å². The summed E-state index contributed by atoms with van der Waals surface area (Å²) in [6, 6.07) is 10.4. The van der Waals surface area contributed by atoms with Crippen molar-refractivity contribution in [2.45, 2.75) is 57.6 Å². The average Bonchev–Trinajstić information content (AvgIpc) is 2.39. The minimum absolute atomic E-state index is 0.124. The molecule has 21 heavy (non-hydrogen) atoms. The van der Waals surface area contributed by atoms with Gasteiger partial charge in [-0.2, -0.15) is 0 Å². The van der Waals surface area contributed by atoms with Gasteiger partial charge in [0.1, 0.15) is 0 Å². The molecular weight excluding hydrogens is 258 g/mol. The Balaban J connectivity index is 1.73. The minimum Gasteiger partial charge on any atom is -0.371 e. The van der Waals surface area contributed by atoms with Gasteiger partial charge in [-0.3, -0.25) is 0 Å². The fourth-order valence-corrected chi connectivity index (χ4v) is 2.68. The van der Waals surface area contributed by atoms with Gasteiger partial charge in [0.25, 0.3) is 0 Å². The van der Waals surface area contributed by atoms with E-state index < -0.39 is 0 Å². The predicted molar refractivity (Wildman–Crippen MR) is 90.4 cm³/mol. The van der Waals surface area contributed by atoms with Crippen LogP contribution in [-0.4, -0.2) is 24.3 Å². The van der Waals surface area contributed by atoms with Crippen LogP contribution in [0, 0.1) is 0 Å². The Bertz CT molecular complexity index is 440. The molecule has 1 aliphatic carbocycles. The van der Waals surface area contributed by atoms with Crippen molar-refractivity contribution in [1.82, 2.24) is 5.32 Å². The van der Waals surface area contributed by atoms with E-state index in [1.807, 2.05) is 6.07 Å². The molecule has 0 aliphatic heterocycles. The van der Waals surface area contributed by atoms with Crippen LogP contribution >= 0.6 is 0 Å². The highest BCUT2D eigenvalue weighted by Gasteiger charge is 2.37. The molecule has 1 aromatic rings. The van der Waals surface area contributed by atoms with Crippen LogP contribution < -0.4 is 5.32 Å². The van der Waals surface area contributed by atoms with Gasteiger partial charge in [-0.05, 0) is 58.6 Å². The molecule has 2 rings (SSSR count). The molecule has 1 fully saturated rings. The van der Waals surface area contributed by atoms with Crippen LogP contribution in [0.2, 0.25) is 0 Å². The first kappa shape index (κ1) is 16.3. The van der Waals surface area contributed by atoms with Crippen molar-refractivity contribution in [3.8, 4) is 0 Å². The van der Waals surface area contributed by atoms with E-state index in [1.165, 1.54) is 24.8 Å². The number of ether oxygens (including phenoxy) is 1. The van der Waals surface area contributed by atoms with Gasteiger partial charge in [0.15, 0.2) is 0 Å². The van der Waals surface area contributed by atoms with Gasteiger partial charge >= 0.3 is 0 Å². The summed E-state index contributed by atoms with van der Waals surface area (Å²) in [6.07, 6.45) is 9.10. The van der Waals surface area contributed by atoms with Crippen molar-refractivity contribution < 1.29 is 4.74 Å². The smallest absolute Gasteiger partial charge is 0.0699 e. The summed E-state index contributed by atoms with van der Waals surface area (Å²) < 4.78 is 6.18. The maximum atomic E-state index is 6.18. The SMILES string of the molecule is CC(C)(C)NCCC1(OC/C=C/c2ccccc2)CCC1. The first-order valence-corrected chi connectivity index (χ1v) is 8.10. The van der Waals surface area contributed by atoms with E-state index in [-0.39, 0.29) is 11.1 Å². The Morgan fingerprint density at radius 2 is 1.90 bits per heavy atom. The van der Waals surface area contributed by atoms with Crippen molar-refractivity contribution in [2.75, 3.05) is 13.2 Å². The fourth-order valence-electron chi connectivity index (χ4n) is 2.68. The zero-order chi connectivity index (χ0) is 15.2. The monoisotopic (exact) mass is 287 g/mol. The Hall–Kier alpha value is -1.12. The lowest BCUT2D eigenvalue weighted by atomic mass is 9.77. The van der Waals surface area contributed by atoms with E-state index in [0.717, 1.165) is 13.0 Å². The van der Waals surface area contributed by atoms with Crippen LogP contribution in [0.3, 0.4) is 0 Å². The fraction of sp³-hybridized carbons (Fsp3) is 0.579. The Morgan fingerprint density at radius 1 is 1.19 bits per heavy atom. The third kappa shape index (κ3) is 5.64. The highest BCUT2D eigenvalue weighted by molar-refractivity contribution is 5.48. The molecule has 1 aliphatic rings. The lowest BCUT2D eigenvalue weighted by Crippen LogP contribution is -2.45. The molecule has 0 amide bonds. The number of rotatable bonds is 7. The molecule has 0 atom stereocenters. The molecule has 0 saturated heterocycles. The summed E-state index contributed by atoms with van der Waals surface area (Å²) in [5.74, 6) is 0. The molecule has 0 bridgehead atoms. The Labute approximate surface area is 129 Å². The van der Waals surface area contributed by atoms with Crippen LogP contribution in [0.15, 0.2) is 36.4 Å². The van der Waals surface area contributed by atoms with Crippen LogP contribution in [0.4, 0.5) is 0 Å². The maximum Gasteiger partial charge on any atom is 0.0699 e. The second-order valence-electron chi connectivity index (χ2n) is 7.09. The lowest BCUT2D eigenvalue weighted by molar-refractivity contribution is -0.0934. The van der Waals surface area contributed by atoms with Gasteiger partial charge in [-0.1, -0.05) is 42.5 Å². The third-order valence-electron chi connectivity index (χ3n) is 4.10. The molecule has 2 heteroatoms. The molecule has 0 aromatic heterocycles. The summed E-state index contributed by atoms with van der Waals surface area (Å²) in [4.78, 5) is 0.